The number of amides is 3. The van der Waals surface area contributed by atoms with Gasteiger partial charge in [0.25, 0.3) is 5.69 Å². The molecule has 2 fully saturated rings. The molecule has 2 bridgehead atoms. The number of ether oxygens (including phenoxy) is 2. The molecule has 0 aromatic heterocycles. The molecular formula is C36H27N3O8. The summed E-state index contributed by atoms with van der Waals surface area (Å²) in [6.07, 6.45) is -0.130. The SMILES string of the molecule is COc1cc([N+](=O)[O-])ccc1N1C[C@H](C(=O)Oc2cccc(N3C(=O)[C@@H]4C5c6ccccc6C(c6ccccc65)[C@H]4C3=O)c2)CC1=O. The molecule has 11 nitrogen and oxygen atoms in total. The molecule has 2 saturated heterocycles. The lowest BCUT2D eigenvalue weighted by molar-refractivity contribution is -0.384. The van der Waals surface area contributed by atoms with Crippen molar-refractivity contribution in [3.05, 3.63) is 123 Å². The van der Waals surface area contributed by atoms with Gasteiger partial charge >= 0.3 is 5.97 Å². The van der Waals surface area contributed by atoms with Crippen LogP contribution in [0.15, 0.2) is 91.0 Å². The molecule has 3 atom stereocenters. The van der Waals surface area contributed by atoms with Crippen molar-refractivity contribution < 1.29 is 33.6 Å². The van der Waals surface area contributed by atoms with Crippen molar-refractivity contribution in [1.29, 1.82) is 0 Å². The highest BCUT2D eigenvalue weighted by atomic mass is 16.6. The largest absolute Gasteiger partial charge is 0.494 e. The molecule has 4 aromatic rings. The van der Waals surface area contributed by atoms with Crippen molar-refractivity contribution in [2.75, 3.05) is 23.5 Å². The second-order valence-corrected chi connectivity index (χ2v) is 12.2. The quantitative estimate of drug-likeness (QED) is 0.0960. The number of anilines is 2. The number of rotatable bonds is 6. The Bertz CT molecular complexity index is 1930. The number of non-ortho nitro benzene ring substituents is 1. The van der Waals surface area contributed by atoms with Gasteiger partial charge in [-0.2, -0.15) is 0 Å². The third-order valence-corrected chi connectivity index (χ3v) is 9.87. The number of carbonyl (C=O) groups is 4. The maximum Gasteiger partial charge on any atom is 0.316 e. The summed E-state index contributed by atoms with van der Waals surface area (Å²) in [7, 11) is 1.34. The Morgan fingerprint density at radius 2 is 1.40 bits per heavy atom. The van der Waals surface area contributed by atoms with E-state index in [1.165, 1.54) is 41.2 Å². The third-order valence-electron chi connectivity index (χ3n) is 9.87. The molecule has 2 heterocycles. The molecule has 2 aliphatic heterocycles. The van der Waals surface area contributed by atoms with Crippen molar-refractivity contribution in [3.63, 3.8) is 0 Å². The molecule has 11 heteroatoms. The van der Waals surface area contributed by atoms with Crippen molar-refractivity contribution in [3.8, 4) is 11.5 Å². The van der Waals surface area contributed by atoms with Crippen LogP contribution in [-0.2, 0) is 19.2 Å². The second-order valence-electron chi connectivity index (χ2n) is 12.2. The number of hydrogen-bond acceptors (Lipinski definition) is 8. The number of nitro groups is 1. The normalized spacial score (nSPS) is 23.8. The fourth-order valence-corrected chi connectivity index (χ4v) is 7.92. The zero-order chi connectivity index (χ0) is 32.6. The van der Waals surface area contributed by atoms with Gasteiger partial charge in [-0.05, 0) is 40.5 Å². The Morgan fingerprint density at radius 3 is 1.96 bits per heavy atom. The van der Waals surface area contributed by atoms with Crippen molar-refractivity contribution in [2.45, 2.75) is 18.3 Å². The molecule has 234 valence electrons. The summed E-state index contributed by atoms with van der Waals surface area (Å²) >= 11 is 0. The van der Waals surface area contributed by atoms with Gasteiger partial charge in [0.1, 0.15) is 11.5 Å². The van der Waals surface area contributed by atoms with E-state index in [1.807, 2.05) is 48.5 Å². The highest BCUT2D eigenvalue weighted by molar-refractivity contribution is 6.23. The summed E-state index contributed by atoms with van der Waals surface area (Å²) < 4.78 is 11.0. The fourth-order valence-electron chi connectivity index (χ4n) is 7.92. The summed E-state index contributed by atoms with van der Waals surface area (Å²) in [5, 5.41) is 11.2. The van der Waals surface area contributed by atoms with Gasteiger partial charge in [-0.1, -0.05) is 54.6 Å². The van der Waals surface area contributed by atoms with Crippen LogP contribution in [0.25, 0.3) is 0 Å². The van der Waals surface area contributed by atoms with E-state index < -0.39 is 28.6 Å². The first-order valence-corrected chi connectivity index (χ1v) is 15.3. The van der Waals surface area contributed by atoms with E-state index in [2.05, 4.69) is 0 Å². The molecule has 0 spiro atoms. The minimum Gasteiger partial charge on any atom is -0.494 e. The smallest absolute Gasteiger partial charge is 0.316 e. The van der Waals surface area contributed by atoms with Gasteiger partial charge in [0.15, 0.2) is 0 Å². The average Bonchev–Trinajstić information content (AvgIpc) is 3.60. The van der Waals surface area contributed by atoms with Crippen molar-refractivity contribution >= 4 is 40.8 Å². The highest BCUT2D eigenvalue weighted by Crippen LogP contribution is 2.61. The van der Waals surface area contributed by atoms with Crippen LogP contribution in [0.3, 0.4) is 0 Å². The lowest BCUT2D eigenvalue weighted by atomic mass is 9.55. The summed E-state index contributed by atoms with van der Waals surface area (Å²) in [6.45, 7) is -0.0120. The molecule has 9 rings (SSSR count). The number of nitrogens with zero attached hydrogens (tertiary/aromatic N) is 3. The number of methoxy groups -OCH3 is 1. The maximum atomic E-state index is 14.1. The minimum absolute atomic E-state index is 0.0120. The zero-order valence-corrected chi connectivity index (χ0v) is 25.1. The Balaban J connectivity index is 1.04. The topological polar surface area (TPSA) is 136 Å². The molecule has 0 unspecified atom stereocenters. The first-order valence-electron chi connectivity index (χ1n) is 15.3. The predicted octanol–water partition coefficient (Wildman–Crippen LogP) is 4.96. The number of benzene rings is 4. The standard InChI is InChI=1S/C36H27N3O8/c1-46-28-17-21(39(44)45)13-14-27(28)37-18-19(15-29(37)40)36(43)47-22-8-6-7-20(16-22)38-34(41)32-30-23-9-2-3-10-24(23)31(33(32)35(38)42)26-12-5-4-11-25(26)30/h2-14,16-17,19,30-33H,15,18H2,1H3/t19-,30?,31?,32-,33-/m1/s1. The third kappa shape index (κ3) is 4.26. The number of esters is 1. The monoisotopic (exact) mass is 629 g/mol. The van der Waals surface area contributed by atoms with E-state index in [9.17, 15) is 29.3 Å². The van der Waals surface area contributed by atoms with E-state index in [1.54, 1.807) is 18.2 Å². The van der Waals surface area contributed by atoms with Gasteiger partial charge < -0.3 is 14.4 Å². The molecule has 3 amide bonds. The highest BCUT2D eigenvalue weighted by Gasteiger charge is 2.61. The molecular weight excluding hydrogens is 602 g/mol. The van der Waals surface area contributed by atoms with E-state index in [4.69, 9.17) is 9.47 Å². The van der Waals surface area contributed by atoms with Crippen LogP contribution < -0.4 is 19.3 Å². The summed E-state index contributed by atoms with van der Waals surface area (Å²) in [5.74, 6) is -3.70. The molecule has 0 radical (unpaired) electrons. The lowest BCUT2D eigenvalue weighted by Gasteiger charge is -2.45. The van der Waals surface area contributed by atoms with E-state index in [0.29, 0.717) is 11.4 Å². The molecule has 0 N–H and O–H groups in total. The minimum atomic E-state index is -0.823. The van der Waals surface area contributed by atoms with E-state index >= 15 is 0 Å². The van der Waals surface area contributed by atoms with Crippen molar-refractivity contribution in [1.82, 2.24) is 0 Å². The number of carbonyl (C=O) groups excluding carboxylic acids is 4. The number of hydrogen-bond donors (Lipinski definition) is 0. The van der Waals surface area contributed by atoms with Crippen LogP contribution in [0.2, 0.25) is 0 Å². The summed E-state index contributed by atoms with van der Waals surface area (Å²) in [4.78, 5) is 67.6. The van der Waals surface area contributed by atoms with Gasteiger partial charge in [0, 0.05) is 36.9 Å². The van der Waals surface area contributed by atoms with Crippen LogP contribution in [0, 0.1) is 27.9 Å². The number of imide groups is 1. The molecule has 4 aromatic carbocycles. The van der Waals surface area contributed by atoms with Gasteiger partial charge in [0.2, 0.25) is 17.7 Å². The van der Waals surface area contributed by atoms with Crippen LogP contribution >= 0.6 is 0 Å². The molecule has 5 aliphatic rings. The van der Waals surface area contributed by atoms with Crippen LogP contribution in [0.5, 0.6) is 11.5 Å². The molecule has 3 aliphatic carbocycles. The molecule has 47 heavy (non-hydrogen) atoms. The van der Waals surface area contributed by atoms with Crippen LogP contribution in [0.1, 0.15) is 40.5 Å². The number of nitro benzene ring substituents is 1. The van der Waals surface area contributed by atoms with Gasteiger partial charge in [0.05, 0.1) is 47.2 Å². The predicted molar refractivity (Wildman–Crippen MR) is 168 cm³/mol. The summed E-state index contributed by atoms with van der Waals surface area (Å²) in [6, 6.07) is 26.3. The fraction of sp³-hybridized carbons (Fsp3) is 0.222. The van der Waals surface area contributed by atoms with Crippen LogP contribution in [-0.4, -0.2) is 42.3 Å². The maximum absolute atomic E-state index is 14.1. The van der Waals surface area contributed by atoms with Crippen LogP contribution in [0.4, 0.5) is 17.1 Å². The zero-order valence-electron chi connectivity index (χ0n) is 25.1. The second kappa shape index (κ2) is 10.6. The van der Waals surface area contributed by atoms with E-state index in [0.717, 1.165) is 22.3 Å². The Morgan fingerprint density at radius 1 is 0.809 bits per heavy atom. The average molecular weight is 630 g/mol. The van der Waals surface area contributed by atoms with Gasteiger partial charge in [-0.15, -0.1) is 0 Å². The lowest BCUT2D eigenvalue weighted by Crippen LogP contribution is -2.41. The Labute approximate surface area is 268 Å². The van der Waals surface area contributed by atoms with Gasteiger partial charge in [-0.3, -0.25) is 29.3 Å². The summed E-state index contributed by atoms with van der Waals surface area (Å²) in [5.41, 5.74) is 4.75. The first kappa shape index (κ1) is 28.6. The van der Waals surface area contributed by atoms with Crippen molar-refractivity contribution in [2.24, 2.45) is 17.8 Å². The van der Waals surface area contributed by atoms with Gasteiger partial charge in [-0.25, -0.2) is 4.90 Å². The first-order chi connectivity index (χ1) is 22.8. The van der Waals surface area contributed by atoms with E-state index in [-0.39, 0.29) is 59.7 Å². The Kier molecular flexibility index (Phi) is 6.47. The Hall–Kier alpha value is -5.84. The molecule has 0 saturated carbocycles.